The van der Waals surface area contributed by atoms with Gasteiger partial charge in [-0.2, -0.15) is 5.26 Å². The smallest absolute Gasteiger partial charge is 0.240 e. The van der Waals surface area contributed by atoms with Crippen LogP contribution in [0, 0.1) is 11.3 Å². The van der Waals surface area contributed by atoms with Gasteiger partial charge in [-0.25, -0.2) is 13.1 Å². The predicted molar refractivity (Wildman–Crippen MR) is 77.1 cm³/mol. The lowest BCUT2D eigenvalue weighted by Crippen LogP contribution is -2.37. The van der Waals surface area contributed by atoms with Crippen molar-refractivity contribution >= 4 is 34.0 Å². The second kappa shape index (κ2) is 7.68. The van der Waals surface area contributed by atoms with Gasteiger partial charge in [0, 0.05) is 12.6 Å². The lowest BCUT2D eigenvalue weighted by molar-refractivity contribution is 0.554. The molecule has 0 bridgehead atoms. The molecular weight excluding hydrogens is 309 g/mol. The highest BCUT2D eigenvalue weighted by Gasteiger charge is 2.16. The van der Waals surface area contributed by atoms with E-state index in [0.29, 0.717) is 0 Å². The maximum Gasteiger partial charge on any atom is 0.240 e. The zero-order chi connectivity index (χ0) is 13.8. The Kier molecular flexibility index (Phi) is 7.34. The molecule has 0 aliphatic heterocycles. The number of nitrogens with one attached hydrogen (secondary N) is 2. The Labute approximate surface area is 124 Å². The van der Waals surface area contributed by atoms with Crippen LogP contribution in [-0.4, -0.2) is 28.1 Å². The molecule has 1 unspecified atom stereocenters. The molecule has 19 heavy (non-hydrogen) atoms. The lowest BCUT2D eigenvalue weighted by atomic mass is 10.2. The van der Waals surface area contributed by atoms with E-state index in [9.17, 15) is 8.42 Å². The van der Waals surface area contributed by atoms with Crippen LogP contribution in [0.4, 0.5) is 0 Å². The highest BCUT2D eigenvalue weighted by molar-refractivity contribution is 7.89. The Morgan fingerprint density at radius 2 is 2.11 bits per heavy atom. The summed E-state index contributed by atoms with van der Waals surface area (Å²) in [5.74, 6) is 0. The van der Waals surface area contributed by atoms with Crippen molar-refractivity contribution in [2.75, 3.05) is 13.6 Å². The van der Waals surface area contributed by atoms with Crippen molar-refractivity contribution in [1.29, 1.82) is 5.26 Å². The highest BCUT2D eigenvalue weighted by Crippen LogP contribution is 2.19. The van der Waals surface area contributed by atoms with Crippen LogP contribution >= 0.6 is 24.0 Å². The van der Waals surface area contributed by atoms with E-state index in [1.807, 2.05) is 13.0 Å². The third-order valence-corrected chi connectivity index (χ3v) is 4.19. The molecule has 1 aromatic carbocycles. The monoisotopic (exact) mass is 323 g/mol. The van der Waals surface area contributed by atoms with Crippen LogP contribution in [0.15, 0.2) is 23.1 Å². The number of benzene rings is 1. The Bertz CT molecular complexity index is 570. The molecule has 0 amide bonds. The molecule has 0 aliphatic carbocycles. The quantitative estimate of drug-likeness (QED) is 0.860. The molecule has 1 aromatic rings. The summed E-state index contributed by atoms with van der Waals surface area (Å²) in [5, 5.41) is 12.0. The van der Waals surface area contributed by atoms with E-state index in [1.54, 1.807) is 7.05 Å². The second-order valence-corrected chi connectivity index (χ2v) is 5.97. The van der Waals surface area contributed by atoms with E-state index < -0.39 is 10.0 Å². The summed E-state index contributed by atoms with van der Waals surface area (Å²) in [6.45, 7) is 2.12. The second-order valence-electron chi connectivity index (χ2n) is 3.80. The maximum atomic E-state index is 11.9. The molecule has 0 spiro atoms. The fraction of sp³-hybridized carbons (Fsp3) is 0.364. The summed E-state index contributed by atoms with van der Waals surface area (Å²) in [5.41, 5.74) is 0.140. The fourth-order valence-electron chi connectivity index (χ4n) is 1.18. The largest absolute Gasteiger partial charge is 0.316 e. The van der Waals surface area contributed by atoms with E-state index in [4.69, 9.17) is 16.9 Å². The standard InChI is InChI=1S/C11H14ClN3O2S.ClH/c1-8(14-2)7-15-18(16,17)10-3-4-11(12)9(5-10)6-13;/h3-5,8,14-15H,7H2,1-2H3;1H. The van der Waals surface area contributed by atoms with E-state index in [2.05, 4.69) is 10.0 Å². The van der Waals surface area contributed by atoms with Crippen LogP contribution in [0.2, 0.25) is 5.02 Å². The third-order valence-electron chi connectivity index (χ3n) is 2.44. The van der Waals surface area contributed by atoms with Crippen molar-refractivity contribution in [3.8, 4) is 6.07 Å². The van der Waals surface area contributed by atoms with Gasteiger partial charge < -0.3 is 5.32 Å². The van der Waals surface area contributed by atoms with Crippen molar-refractivity contribution < 1.29 is 8.42 Å². The topological polar surface area (TPSA) is 82.0 Å². The molecule has 0 radical (unpaired) electrons. The minimum Gasteiger partial charge on any atom is -0.316 e. The first-order valence-electron chi connectivity index (χ1n) is 5.27. The number of halogens is 2. The molecular formula is C11H15Cl2N3O2S. The van der Waals surface area contributed by atoms with Gasteiger partial charge in [0.25, 0.3) is 0 Å². The van der Waals surface area contributed by atoms with Crippen LogP contribution in [0.1, 0.15) is 12.5 Å². The zero-order valence-corrected chi connectivity index (χ0v) is 12.9. The summed E-state index contributed by atoms with van der Waals surface area (Å²) < 4.78 is 26.3. The van der Waals surface area contributed by atoms with Gasteiger partial charge in [0.1, 0.15) is 6.07 Å². The van der Waals surface area contributed by atoms with Crippen molar-refractivity contribution in [3.63, 3.8) is 0 Å². The van der Waals surface area contributed by atoms with Crippen LogP contribution in [0.25, 0.3) is 0 Å². The molecule has 8 heteroatoms. The van der Waals surface area contributed by atoms with Gasteiger partial charge in [-0.15, -0.1) is 12.4 Å². The van der Waals surface area contributed by atoms with Crippen molar-refractivity contribution in [1.82, 2.24) is 10.0 Å². The molecule has 0 aliphatic rings. The van der Waals surface area contributed by atoms with E-state index in [-0.39, 0.29) is 40.5 Å². The Balaban J connectivity index is 0.00000324. The molecule has 0 saturated carbocycles. The van der Waals surface area contributed by atoms with E-state index in [0.717, 1.165) is 0 Å². The van der Waals surface area contributed by atoms with Gasteiger partial charge in [0.15, 0.2) is 0 Å². The molecule has 1 rings (SSSR count). The normalized spacial score (nSPS) is 12.3. The van der Waals surface area contributed by atoms with E-state index >= 15 is 0 Å². The van der Waals surface area contributed by atoms with Gasteiger partial charge in [-0.05, 0) is 32.2 Å². The van der Waals surface area contributed by atoms with Gasteiger partial charge >= 0.3 is 0 Å². The Morgan fingerprint density at radius 3 is 2.63 bits per heavy atom. The SMILES string of the molecule is CNC(C)CNS(=O)(=O)c1ccc(Cl)c(C#N)c1.Cl. The fourth-order valence-corrected chi connectivity index (χ4v) is 2.49. The number of sulfonamides is 1. The molecule has 0 aromatic heterocycles. The number of likely N-dealkylation sites (N-methyl/N-ethyl adjacent to an activating group) is 1. The van der Waals surface area contributed by atoms with Crippen molar-refractivity contribution in [2.45, 2.75) is 17.9 Å². The van der Waals surface area contributed by atoms with Crippen molar-refractivity contribution in [2.24, 2.45) is 0 Å². The first-order valence-corrected chi connectivity index (χ1v) is 7.13. The average molecular weight is 324 g/mol. The van der Waals surface area contributed by atoms with E-state index in [1.165, 1.54) is 18.2 Å². The van der Waals surface area contributed by atoms with Gasteiger partial charge in [0.2, 0.25) is 10.0 Å². The summed E-state index contributed by atoms with van der Waals surface area (Å²) in [6, 6.07) is 5.89. The van der Waals surface area contributed by atoms with Crippen LogP contribution in [0.3, 0.4) is 0 Å². The first-order chi connectivity index (χ1) is 8.40. The number of nitriles is 1. The molecule has 2 N–H and O–H groups in total. The van der Waals surface area contributed by atoms with Crippen LogP contribution in [0.5, 0.6) is 0 Å². The number of rotatable bonds is 5. The molecule has 106 valence electrons. The molecule has 5 nitrogen and oxygen atoms in total. The van der Waals surface area contributed by atoms with Crippen molar-refractivity contribution in [3.05, 3.63) is 28.8 Å². The molecule has 0 fully saturated rings. The number of nitrogens with zero attached hydrogens (tertiary/aromatic N) is 1. The molecule has 0 heterocycles. The minimum atomic E-state index is -3.61. The third kappa shape index (κ3) is 4.97. The van der Waals surface area contributed by atoms with Crippen LogP contribution in [-0.2, 0) is 10.0 Å². The Hall–Kier alpha value is -0.840. The maximum absolute atomic E-state index is 11.9. The summed E-state index contributed by atoms with van der Waals surface area (Å²) in [4.78, 5) is 0.0340. The number of hydrogen-bond donors (Lipinski definition) is 2. The Morgan fingerprint density at radius 1 is 1.47 bits per heavy atom. The minimum absolute atomic E-state index is 0. The predicted octanol–water partition coefficient (Wildman–Crippen LogP) is 1.52. The molecule has 0 saturated heterocycles. The summed E-state index contributed by atoms with van der Waals surface area (Å²) >= 11 is 5.75. The average Bonchev–Trinajstić information content (AvgIpc) is 2.36. The van der Waals surface area contributed by atoms with Gasteiger partial charge in [-0.3, -0.25) is 0 Å². The zero-order valence-electron chi connectivity index (χ0n) is 10.5. The summed E-state index contributed by atoms with van der Waals surface area (Å²) in [7, 11) is -1.87. The number of hydrogen-bond acceptors (Lipinski definition) is 4. The first kappa shape index (κ1) is 18.2. The summed E-state index contributed by atoms with van der Waals surface area (Å²) in [6.07, 6.45) is 0. The van der Waals surface area contributed by atoms with Gasteiger partial charge in [0.05, 0.1) is 15.5 Å². The lowest BCUT2D eigenvalue weighted by Gasteiger charge is -2.12. The van der Waals surface area contributed by atoms with Gasteiger partial charge in [-0.1, -0.05) is 11.6 Å². The highest BCUT2D eigenvalue weighted by atomic mass is 35.5. The molecule has 1 atom stereocenters. The van der Waals surface area contributed by atoms with Crippen LogP contribution < -0.4 is 10.0 Å².